The maximum Gasteiger partial charge on any atom is 0.122 e. The van der Waals surface area contributed by atoms with Gasteiger partial charge < -0.3 is 14.5 Å². The highest BCUT2D eigenvalue weighted by Gasteiger charge is 2.31. The van der Waals surface area contributed by atoms with Crippen molar-refractivity contribution in [2.75, 3.05) is 19.0 Å². The Bertz CT molecular complexity index is 225. The molecule has 82 valence electrons. The molecule has 1 heterocycles. The largest absolute Gasteiger partial charge is 0.771 e. The van der Waals surface area contributed by atoms with Crippen molar-refractivity contribution in [1.82, 2.24) is 4.90 Å². The molecule has 0 aromatic heterocycles. The quantitative estimate of drug-likeness (QED) is 0.497. The molecular weight excluding hydrogens is 206 g/mol. The molecule has 0 aromatic carbocycles. The van der Waals surface area contributed by atoms with Gasteiger partial charge in [0.15, 0.2) is 0 Å². The first-order chi connectivity index (χ1) is 6.56. The van der Waals surface area contributed by atoms with Crippen molar-refractivity contribution in [3.63, 3.8) is 0 Å². The molecular formula is C8H14NO4S-. The Morgan fingerprint density at radius 3 is 2.50 bits per heavy atom. The molecule has 1 fully saturated rings. The number of aldehydes is 1. The first-order valence-corrected chi connectivity index (χ1v) is 5.74. The van der Waals surface area contributed by atoms with E-state index in [1.807, 2.05) is 0 Å². The van der Waals surface area contributed by atoms with Crippen molar-refractivity contribution in [2.45, 2.75) is 24.9 Å². The summed E-state index contributed by atoms with van der Waals surface area (Å²) < 4.78 is 20.8. The lowest BCUT2D eigenvalue weighted by atomic mass is 9.89. The van der Waals surface area contributed by atoms with Gasteiger partial charge in [-0.05, 0) is 23.9 Å². The first kappa shape index (κ1) is 11.8. The smallest absolute Gasteiger partial charge is 0.122 e. The number of carbonyl (C=O) groups is 1. The normalized spacial score (nSPS) is 24.4. The molecule has 5 nitrogen and oxygen atoms in total. The van der Waals surface area contributed by atoms with Crippen molar-refractivity contribution in [1.29, 1.82) is 0 Å². The van der Waals surface area contributed by atoms with Crippen LogP contribution in [0.25, 0.3) is 0 Å². The Morgan fingerprint density at radius 1 is 1.50 bits per heavy atom. The predicted molar refractivity (Wildman–Crippen MR) is 50.2 cm³/mol. The van der Waals surface area contributed by atoms with Crippen molar-refractivity contribution < 1.29 is 18.7 Å². The van der Waals surface area contributed by atoms with Crippen molar-refractivity contribution >= 4 is 17.4 Å². The minimum atomic E-state index is -2.07. The molecule has 0 aliphatic carbocycles. The maximum absolute atomic E-state index is 10.4. The van der Waals surface area contributed by atoms with E-state index < -0.39 is 16.7 Å². The summed E-state index contributed by atoms with van der Waals surface area (Å²) in [6.45, 7) is 1.05. The summed E-state index contributed by atoms with van der Waals surface area (Å²) in [4.78, 5) is 12.0. The molecule has 1 N–H and O–H groups in total. The van der Waals surface area contributed by atoms with Crippen LogP contribution in [0, 0.1) is 0 Å². The minimum Gasteiger partial charge on any atom is -0.771 e. The number of likely N-dealkylation sites (tertiary alicyclic amines) is 1. The number of piperidine rings is 1. The van der Waals surface area contributed by atoms with Gasteiger partial charge in [0.05, 0.1) is 11.5 Å². The first-order valence-electron chi connectivity index (χ1n) is 4.50. The van der Waals surface area contributed by atoms with Crippen LogP contribution in [-0.4, -0.2) is 49.6 Å². The number of rotatable bonds is 4. The standard InChI is InChI=1S/C8H15NO4S/c10-6-3-8(11)1-4-9(5-2-8)7-14(12)13/h6,11H,1-5,7H2,(H,12,13)/p-1. The lowest BCUT2D eigenvalue weighted by molar-refractivity contribution is -0.114. The molecule has 1 aliphatic heterocycles. The van der Waals surface area contributed by atoms with Crippen molar-refractivity contribution in [2.24, 2.45) is 0 Å². The summed E-state index contributed by atoms with van der Waals surface area (Å²) in [5.41, 5.74) is -0.914. The number of hydrogen-bond acceptors (Lipinski definition) is 5. The van der Waals surface area contributed by atoms with E-state index >= 15 is 0 Å². The molecule has 0 spiro atoms. The summed E-state index contributed by atoms with van der Waals surface area (Å²) in [5.74, 6) is 0.0111. The van der Waals surface area contributed by atoms with Gasteiger partial charge >= 0.3 is 0 Å². The van der Waals surface area contributed by atoms with Gasteiger partial charge in [0.25, 0.3) is 0 Å². The van der Waals surface area contributed by atoms with Crippen LogP contribution in [0.2, 0.25) is 0 Å². The zero-order valence-electron chi connectivity index (χ0n) is 7.85. The highest BCUT2D eigenvalue weighted by molar-refractivity contribution is 7.79. The van der Waals surface area contributed by atoms with Gasteiger partial charge in [0, 0.05) is 19.5 Å². The topological polar surface area (TPSA) is 80.7 Å². The predicted octanol–water partition coefficient (Wildman–Crippen LogP) is -0.761. The third kappa shape index (κ3) is 3.45. The van der Waals surface area contributed by atoms with Crippen LogP contribution >= 0.6 is 0 Å². The monoisotopic (exact) mass is 220 g/mol. The van der Waals surface area contributed by atoms with Crippen LogP contribution in [0.4, 0.5) is 0 Å². The molecule has 1 aliphatic rings. The molecule has 1 atom stereocenters. The number of carbonyl (C=O) groups excluding carboxylic acids is 1. The molecule has 6 heteroatoms. The second-order valence-corrected chi connectivity index (χ2v) is 4.51. The number of hydrogen-bond donors (Lipinski definition) is 1. The zero-order valence-corrected chi connectivity index (χ0v) is 8.66. The zero-order chi connectivity index (χ0) is 10.6. The van der Waals surface area contributed by atoms with E-state index in [0.717, 1.165) is 0 Å². The van der Waals surface area contributed by atoms with Gasteiger partial charge in [-0.1, -0.05) is 0 Å². The van der Waals surface area contributed by atoms with Crippen LogP contribution in [0.5, 0.6) is 0 Å². The molecule has 0 aromatic rings. The lowest BCUT2D eigenvalue weighted by Crippen LogP contribution is -2.45. The van der Waals surface area contributed by atoms with Gasteiger partial charge in [-0.3, -0.25) is 9.11 Å². The van der Waals surface area contributed by atoms with Gasteiger partial charge in [-0.15, -0.1) is 0 Å². The van der Waals surface area contributed by atoms with Gasteiger partial charge in [-0.25, -0.2) is 0 Å². The molecule has 0 saturated carbocycles. The Labute approximate surface area is 85.4 Å². The summed E-state index contributed by atoms with van der Waals surface area (Å²) in [5, 5.41) is 9.81. The second-order valence-electron chi connectivity index (χ2n) is 3.65. The Balaban J connectivity index is 2.37. The number of nitrogens with zero attached hydrogens (tertiary/aromatic N) is 1. The number of aliphatic hydroxyl groups is 1. The summed E-state index contributed by atoms with van der Waals surface area (Å²) in [7, 11) is 0. The molecule has 14 heavy (non-hydrogen) atoms. The fourth-order valence-corrected chi connectivity index (χ4v) is 2.16. The van der Waals surface area contributed by atoms with Gasteiger partial charge in [0.1, 0.15) is 6.29 Å². The third-order valence-electron chi connectivity index (χ3n) is 2.54. The fourth-order valence-electron chi connectivity index (χ4n) is 1.61. The van der Waals surface area contributed by atoms with Crippen molar-refractivity contribution in [3.05, 3.63) is 0 Å². The Hall–Kier alpha value is -0.300. The summed E-state index contributed by atoms with van der Waals surface area (Å²) in [6, 6.07) is 0. The SMILES string of the molecule is O=CCC1(O)CCN(CS(=O)[O-])CC1. The maximum atomic E-state index is 10.4. The van der Waals surface area contributed by atoms with E-state index in [0.29, 0.717) is 32.2 Å². The van der Waals surface area contributed by atoms with Gasteiger partial charge in [-0.2, -0.15) is 0 Å². The Morgan fingerprint density at radius 2 is 2.07 bits per heavy atom. The van der Waals surface area contributed by atoms with E-state index in [1.54, 1.807) is 4.90 Å². The molecule has 0 bridgehead atoms. The molecule has 1 unspecified atom stereocenters. The van der Waals surface area contributed by atoms with Crippen LogP contribution in [-0.2, 0) is 15.9 Å². The molecule has 0 radical (unpaired) electrons. The summed E-state index contributed by atoms with van der Waals surface area (Å²) >= 11 is -2.07. The van der Waals surface area contributed by atoms with E-state index in [4.69, 9.17) is 0 Å². The fraction of sp³-hybridized carbons (Fsp3) is 0.875. The van der Waals surface area contributed by atoms with E-state index in [2.05, 4.69) is 0 Å². The molecule has 0 amide bonds. The van der Waals surface area contributed by atoms with E-state index in [1.165, 1.54) is 0 Å². The van der Waals surface area contributed by atoms with Crippen LogP contribution < -0.4 is 0 Å². The van der Waals surface area contributed by atoms with Crippen molar-refractivity contribution in [3.8, 4) is 0 Å². The summed E-state index contributed by atoms with van der Waals surface area (Å²) in [6.07, 6.45) is 1.77. The lowest BCUT2D eigenvalue weighted by Gasteiger charge is -2.37. The Kier molecular flexibility index (Phi) is 4.18. The highest BCUT2D eigenvalue weighted by atomic mass is 32.2. The highest BCUT2D eigenvalue weighted by Crippen LogP contribution is 2.24. The molecule has 1 rings (SSSR count). The van der Waals surface area contributed by atoms with Crippen LogP contribution in [0.3, 0.4) is 0 Å². The van der Waals surface area contributed by atoms with E-state index in [-0.39, 0.29) is 12.3 Å². The minimum absolute atomic E-state index is 0.0111. The average molecular weight is 220 g/mol. The van der Waals surface area contributed by atoms with E-state index in [9.17, 15) is 18.7 Å². The third-order valence-corrected chi connectivity index (χ3v) is 3.11. The van der Waals surface area contributed by atoms with Crippen LogP contribution in [0.1, 0.15) is 19.3 Å². The van der Waals surface area contributed by atoms with Crippen LogP contribution in [0.15, 0.2) is 0 Å². The second kappa shape index (κ2) is 4.97. The molecule has 1 saturated heterocycles. The van der Waals surface area contributed by atoms with Gasteiger partial charge in [0.2, 0.25) is 0 Å². The average Bonchev–Trinajstić information content (AvgIpc) is 2.09.